The fourth-order valence-electron chi connectivity index (χ4n) is 0.294. The van der Waals surface area contributed by atoms with Crippen LogP contribution in [-0.2, 0) is 9.05 Å². The van der Waals surface area contributed by atoms with Gasteiger partial charge in [0.15, 0.2) is 0 Å². The van der Waals surface area contributed by atoms with Crippen molar-refractivity contribution in [1.82, 2.24) is 0 Å². The molecule has 0 rings (SSSR count). The first-order valence-corrected chi connectivity index (χ1v) is 4.46. The summed E-state index contributed by atoms with van der Waals surface area (Å²) in [5, 5.41) is 0. The summed E-state index contributed by atoms with van der Waals surface area (Å²) < 4.78 is 20.3. The van der Waals surface area contributed by atoms with Crippen LogP contribution in [0.4, 0.5) is 0 Å². The Bertz CT molecular complexity index is 180. The van der Waals surface area contributed by atoms with Crippen molar-refractivity contribution in [2.24, 2.45) is 0 Å². The van der Waals surface area contributed by atoms with Crippen molar-refractivity contribution in [1.29, 1.82) is 0 Å². The zero-order chi connectivity index (χ0) is 6.78. The third-order valence-corrected chi connectivity index (χ3v) is 1.58. The van der Waals surface area contributed by atoms with Gasteiger partial charge in [-0.05, 0) is 6.92 Å². The predicted molar refractivity (Wildman–Crippen MR) is 34.5 cm³/mol. The maximum atomic E-state index is 10.1. The highest BCUT2D eigenvalue weighted by atomic mass is 35.7. The van der Waals surface area contributed by atoms with Crippen LogP contribution in [0, 0.1) is 0 Å². The fourth-order valence-corrected chi connectivity index (χ4v) is 1.44. The minimum atomic E-state index is -3.35. The molecule has 0 unspecified atom stereocenters. The van der Waals surface area contributed by atoms with Gasteiger partial charge in [0, 0.05) is 10.7 Å². The molecule has 0 atom stereocenters. The van der Waals surface area contributed by atoms with E-state index in [1.165, 1.54) is 0 Å². The van der Waals surface area contributed by atoms with Crippen LogP contribution in [0.25, 0.3) is 0 Å². The molecule has 0 saturated heterocycles. The second-order valence-electron chi connectivity index (χ2n) is 1.64. The summed E-state index contributed by atoms with van der Waals surface area (Å²) in [6.45, 7) is 4.99. The van der Waals surface area contributed by atoms with Gasteiger partial charge in [-0.25, -0.2) is 8.42 Å². The monoisotopic (exact) mass is 154 g/mol. The van der Waals surface area contributed by atoms with Gasteiger partial charge in [0.2, 0.25) is 9.05 Å². The first-order chi connectivity index (χ1) is 3.42. The molecule has 0 aromatic carbocycles. The lowest BCUT2D eigenvalue weighted by Gasteiger charge is -1.89. The average molecular weight is 155 g/mol. The smallest absolute Gasteiger partial charge is 0.212 e. The Morgan fingerprint density at radius 3 is 2.12 bits per heavy atom. The Morgan fingerprint density at radius 2 is 2.12 bits per heavy atom. The molecular formula is C4H7ClO2S. The summed E-state index contributed by atoms with van der Waals surface area (Å²) in [6.07, 6.45) is 0. The summed E-state index contributed by atoms with van der Waals surface area (Å²) in [5.74, 6) is -0.130. The van der Waals surface area contributed by atoms with E-state index in [2.05, 4.69) is 6.58 Å². The third kappa shape index (κ3) is 5.98. The molecule has 0 spiro atoms. The highest BCUT2D eigenvalue weighted by molar-refractivity contribution is 8.13. The molecule has 4 heteroatoms. The third-order valence-electron chi connectivity index (χ3n) is 0.419. The van der Waals surface area contributed by atoms with Crippen LogP contribution in [0.5, 0.6) is 0 Å². The van der Waals surface area contributed by atoms with Gasteiger partial charge >= 0.3 is 0 Å². The molecule has 0 amide bonds. The van der Waals surface area contributed by atoms with Crippen LogP contribution >= 0.6 is 10.7 Å². The Balaban J connectivity index is 3.95. The largest absolute Gasteiger partial charge is 0.236 e. The van der Waals surface area contributed by atoms with Crippen molar-refractivity contribution >= 4 is 19.7 Å². The second-order valence-corrected chi connectivity index (χ2v) is 4.42. The van der Waals surface area contributed by atoms with E-state index in [-0.39, 0.29) is 5.75 Å². The van der Waals surface area contributed by atoms with Crippen molar-refractivity contribution < 1.29 is 8.42 Å². The first-order valence-electron chi connectivity index (χ1n) is 1.98. The molecule has 48 valence electrons. The van der Waals surface area contributed by atoms with E-state index in [0.29, 0.717) is 5.57 Å². The van der Waals surface area contributed by atoms with E-state index in [0.717, 1.165) is 0 Å². The molecule has 0 aliphatic rings. The summed E-state index contributed by atoms with van der Waals surface area (Å²) in [6, 6.07) is 0. The number of halogens is 1. The van der Waals surface area contributed by atoms with Gasteiger partial charge in [-0.15, -0.1) is 0 Å². The number of hydrogen-bond donors (Lipinski definition) is 0. The SMILES string of the molecule is C=C(C)CS(=O)(=O)Cl. The van der Waals surface area contributed by atoms with Crippen molar-refractivity contribution in [3.63, 3.8) is 0 Å². The Morgan fingerprint density at radius 1 is 1.75 bits per heavy atom. The van der Waals surface area contributed by atoms with Gasteiger partial charge in [-0.2, -0.15) is 0 Å². The molecule has 2 nitrogen and oxygen atoms in total. The molecule has 0 aliphatic carbocycles. The van der Waals surface area contributed by atoms with Gasteiger partial charge < -0.3 is 0 Å². The lowest BCUT2D eigenvalue weighted by Crippen LogP contribution is -1.96. The van der Waals surface area contributed by atoms with Gasteiger partial charge in [0.05, 0.1) is 5.75 Å². The van der Waals surface area contributed by atoms with E-state index in [1.54, 1.807) is 6.92 Å². The van der Waals surface area contributed by atoms with Gasteiger partial charge in [0.25, 0.3) is 0 Å². The van der Waals surface area contributed by atoms with E-state index >= 15 is 0 Å². The summed E-state index contributed by atoms with van der Waals surface area (Å²) >= 11 is 0. The van der Waals surface area contributed by atoms with Crippen molar-refractivity contribution in [2.75, 3.05) is 5.75 Å². The van der Waals surface area contributed by atoms with Gasteiger partial charge in [0.1, 0.15) is 0 Å². The molecule has 0 aromatic heterocycles. The second kappa shape index (κ2) is 2.51. The quantitative estimate of drug-likeness (QED) is 0.442. The zero-order valence-corrected chi connectivity index (χ0v) is 6.09. The Hall–Kier alpha value is -0.0200. The van der Waals surface area contributed by atoms with E-state index in [9.17, 15) is 8.42 Å². The first kappa shape index (κ1) is 7.98. The number of rotatable bonds is 2. The lowest BCUT2D eigenvalue weighted by molar-refractivity contribution is 0.611. The maximum Gasteiger partial charge on any atom is 0.236 e. The molecule has 0 fully saturated rings. The lowest BCUT2D eigenvalue weighted by atomic mass is 10.4. The van der Waals surface area contributed by atoms with Crippen LogP contribution in [0.15, 0.2) is 12.2 Å². The standard InChI is InChI=1S/C4H7ClO2S/c1-4(2)3-8(5,6)7/h1,3H2,2H3. The van der Waals surface area contributed by atoms with E-state index in [4.69, 9.17) is 10.7 Å². The van der Waals surface area contributed by atoms with Crippen LogP contribution in [0.2, 0.25) is 0 Å². The maximum absolute atomic E-state index is 10.1. The summed E-state index contributed by atoms with van der Waals surface area (Å²) in [4.78, 5) is 0. The molecule has 0 saturated carbocycles. The molecule has 0 radical (unpaired) electrons. The summed E-state index contributed by atoms with van der Waals surface area (Å²) in [5.41, 5.74) is 0.556. The summed E-state index contributed by atoms with van der Waals surface area (Å²) in [7, 11) is 1.49. The highest BCUT2D eigenvalue weighted by Crippen LogP contribution is 2.00. The molecule has 0 N–H and O–H groups in total. The van der Waals surface area contributed by atoms with Crippen LogP contribution < -0.4 is 0 Å². The minimum Gasteiger partial charge on any atom is -0.212 e. The Labute approximate surface area is 53.6 Å². The molecular weight excluding hydrogens is 148 g/mol. The van der Waals surface area contributed by atoms with E-state index < -0.39 is 9.05 Å². The normalized spacial score (nSPS) is 11.2. The van der Waals surface area contributed by atoms with Crippen molar-refractivity contribution in [2.45, 2.75) is 6.92 Å². The fraction of sp³-hybridized carbons (Fsp3) is 0.500. The predicted octanol–water partition coefficient (Wildman–Crippen LogP) is 1.13. The minimum absolute atomic E-state index is 0.130. The Kier molecular flexibility index (Phi) is 2.50. The van der Waals surface area contributed by atoms with Crippen molar-refractivity contribution in [3.8, 4) is 0 Å². The van der Waals surface area contributed by atoms with E-state index in [1.807, 2.05) is 0 Å². The van der Waals surface area contributed by atoms with Gasteiger partial charge in [-0.3, -0.25) is 0 Å². The molecule has 0 heterocycles. The van der Waals surface area contributed by atoms with Crippen LogP contribution in [-0.4, -0.2) is 14.2 Å². The zero-order valence-electron chi connectivity index (χ0n) is 4.52. The molecule has 0 bridgehead atoms. The van der Waals surface area contributed by atoms with Crippen molar-refractivity contribution in [3.05, 3.63) is 12.2 Å². The molecule has 0 aromatic rings. The number of hydrogen-bond acceptors (Lipinski definition) is 2. The highest BCUT2D eigenvalue weighted by Gasteiger charge is 2.02. The molecule has 8 heavy (non-hydrogen) atoms. The molecule has 0 aliphatic heterocycles. The average Bonchev–Trinajstić information content (AvgIpc) is 1.21. The topological polar surface area (TPSA) is 34.1 Å². The van der Waals surface area contributed by atoms with Gasteiger partial charge in [-0.1, -0.05) is 12.2 Å². The van der Waals surface area contributed by atoms with Crippen LogP contribution in [0.1, 0.15) is 6.92 Å². The van der Waals surface area contributed by atoms with Crippen LogP contribution in [0.3, 0.4) is 0 Å².